The van der Waals surface area contributed by atoms with Crippen molar-refractivity contribution in [3.8, 4) is 11.8 Å². The van der Waals surface area contributed by atoms with Gasteiger partial charge in [-0.2, -0.15) is 0 Å². The molecule has 3 amide bonds. The normalized spacial score (nSPS) is 17.9. The Morgan fingerprint density at radius 1 is 1.25 bits per heavy atom. The maximum absolute atomic E-state index is 12.1. The Morgan fingerprint density at radius 3 is 2.61 bits per heavy atom. The molecule has 2 aromatic rings. The molecule has 2 heterocycles. The fraction of sp³-hybridized carbons (Fsp3) is 0.389. The molecule has 1 aliphatic heterocycles. The van der Waals surface area contributed by atoms with Gasteiger partial charge in [-0.3, -0.25) is 19.5 Å². The van der Waals surface area contributed by atoms with E-state index in [2.05, 4.69) is 15.5 Å². The Labute approximate surface area is 159 Å². The molecule has 3 N–H and O–H groups in total. The van der Waals surface area contributed by atoms with Gasteiger partial charge < -0.3 is 14.9 Å². The Balaban J connectivity index is 2.02. The standard InChI is InChI=1S/C18H20N4O6/c1-18(2,3)28-17(27)21-20-10-6-4-5-9-13(10)16(26)22(15(9)25)11-7-8-12(23)19-14(11)24/h4-6,11,25-26H,7-8H2,1-3H3,(H,19,23,24). The monoisotopic (exact) mass is 388 g/mol. The summed E-state index contributed by atoms with van der Waals surface area (Å²) in [6.07, 6.45) is -0.700. The van der Waals surface area contributed by atoms with E-state index in [1.165, 1.54) is 12.1 Å². The van der Waals surface area contributed by atoms with Gasteiger partial charge in [0, 0.05) is 11.8 Å². The number of azo groups is 1. The number of ether oxygens (including phenoxy) is 1. The number of carbonyl (C=O) groups is 3. The van der Waals surface area contributed by atoms with E-state index in [9.17, 15) is 24.6 Å². The summed E-state index contributed by atoms with van der Waals surface area (Å²) in [5.41, 5.74) is -0.625. The summed E-state index contributed by atoms with van der Waals surface area (Å²) < 4.78 is 6.09. The largest absolute Gasteiger partial charge is 0.494 e. The van der Waals surface area contributed by atoms with Crippen LogP contribution in [0.1, 0.15) is 39.7 Å². The number of hydrogen-bond donors (Lipinski definition) is 3. The number of nitrogens with zero attached hydrogens (tertiary/aromatic N) is 3. The fourth-order valence-electron chi connectivity index (χ4n) is 3.00. The lowest BCUT2D eigenvalue weighted by molar-refractivity contribution is -0.135. The number of aromatic hydroxyl groups is 2. The van der Waals surface area contributed by atoms with Crippen LogP contribution in [0.4, 0.5) is 10.5 Å². The molecule has 1 aliphatic rings. The van der Waals surface area contributed by atoms with Gasteiger partial charge in [-0.25, -0.2) is 4.79 Å². The molecule has 28 heavy (non-hydrogen) atoms. The Kier molecular flexibility index (Phi) is 4.80. The zero-order chi connectivity index (χ0) is 20.6. The summed E-state index contributed by atoms with van der Waals surface area (Å²) in [5.74, 6) is -1.81. The minimum absolute atomic E-state index is 0.0784. The van der Waals surface area contributed by atoms with Crippen molar-refractivity contribution in [2.75, 3.05) is 0 Å². The molecule has 10 heteroatoms. The minimum atomic E-state index is -0.958. The topological polar surface area (TPSA) is 143 Å². The van der Waals surface area contributed by atoms with Crippen LogP contribution in [-0.2, 0) is 14.3 Å². The van der Waals surface area contributed by atoms with Crippen LogP contribution in [0.5, 0.6) is 11.8 Å². The number of imide groups is 1. The van der Waals surface area contributed by atoms with Crippen molar-refractivity contribution in [2.24, 2.45) is 10.2 Å². The summed E-state index contributed by atoms with van der Waals surface area (Å²) >= 11 is 0. The van der Waals surface area contributed by atoms with Gasteiger partial charge in [0.25, 0.3) is 0 Å². The van der Waals surface area contributed by atoms with Crippen molar-refractivity contribution in [1.82, 2.24) is 9.88 Å². The maximum atomic E-state index is 12.1. The van der Waals surface area contributed by atoms with Crippen LogP contribution in [0.2, 0.25) is 0 Å². The van der Waals surface area contributed by atoms with E-state index in [1.807, 2.05) is 0 Å². The van der Waals surface area contributed by atoms with Crippen molar-refractivity contribution in [3.05, 3.63) is 18.2 Å². The van der Waals surface area contributed by atoms with Crippen LogP contribution in [0.15, 0.2) is 28.4 Å². The zero-order valence-corrected chi connectivity index (χ0v) is 15.6. The molecule has 0 aliphatic carbocycles. The number of nitrogens with one attached hydrogen (secondary N) is 1. The highest BCUT2D eigenvalue weighted by Crippen LogP contribution is 2.44. The molecule has 1 atom stereocenters. The Morgan fingerprint density at radius 2 is 1.96 bits per heavy atom. The molecule has 10 nitrogen and oxygen atoms in total. The molecule has 0 radical (unpaired) electrons. The number of hydrogen-bond acceptors (Lipinski definition) is 7. The van der Waals surface area contributed by atoms with Crippen molar-refractivity contribution < 1.29 is 29.3 Å². The first kappa shape index (κ1) is 19.3. The first-order chi connectivity index (χ1) is 13.1. The summed E-state index contributed by atoms with van der Waals surface area (Å²) in [4.78, 5) is 35.3. The van der Waals surface area contributed by atoms with Crippen LogP contribution >= 0.6 is 0 Å². The molecular weight excluding hydrogens is 368 g/mol. The third kappa shape index (κ3) is 3.66. The van der Waals surface area contributed by atoms with Gasteiger partial charge in [0.15, 0.2) is 0 Å². The summed E-state index contributed by atoms with van der Waals surface area (Å²) in [6.45, 7) is 5.06. The van der Waals surface area contributed by atoms with Crippen LogP contribution < -0.4 is 5.32 Å². The Bertz CT molecular complexity index is 1000. The second-order valence-corrected chi connectivity index (χ2v) is 7.36. The molecule has 1 saturated heterocycles. The average molecular weight is 388 g/mol. The van der Waals surface area contributed by atoms with Crippen molar-refractivity contribution in [3.63, 3.8) is 0 Å². The summed E-state index contributed by atoms with van der Waals surface area (Å²) in [5, 5.41) is 31.0. The van der Waals surface area contributed by atoms with E-state index in [1.54, 1.807) is 26.8 Å². The van der Waals surface area contributed by atoms with Gasteiger partial charge in [-0.15, -0.1) is 5.11 Å². The van der Waals surface area contributed by atoms with Gasteiger partial charge >= 0.3 is 6.09 Å². The van der Waals surface area contributed by atoms with Gasteiger partial charge in [-0.1, -0.05) is 11.2 Å². The van der Waals surface area contributed by atoms with Crippen molar-refractivity contribution >= 4 is 34.4 Å². The van der Waals surface area contributed by atoms with Gasteiger partial charge in [-0.05, 0) is 39.3 Å². The van der Waals surface area contributed by atoms with Gasteiger partial charge in [0.1, 0.15) is 11.6 Å². The molecule has 3 rings (SSSR count). The van der Waals surface area contributed by atoms with E-state index in [-0.39, 0.29) is 35.2 Å². The fourth-order valence-corrected chi connectivity index (χ4v) is 3.00. The minimum Gasteiger partial charge on any atom is -0.494 e. The highest BCUT2D eigenvalue weighted by Gasteiger charge is 2.33. The number of aromatic nitrogens is 1. The first-order valence-corrected chi connectivity index (χ1v) is 8.61. The Hall–Kier alpha value is -3.43. The van der Waals surface area contributed by atoms with Crippen molar-refractivity contribution in [1.29, 1.82) is 0 Å². The van der Waals surface area contributed by atoms with Gasteiger partial charge in [0.05, 0.1) is 11.1 Å². The van der Waals surface area contributed by atoms with Crippen LogP contribution in [0.3, 0.4) is 0 Å². The zero-order valence-electron chi connectivity index (χ0n) is 15.6. The quantitative estimate of drug-likeness (QED) is 0.533. The predicted molar refractivity (Wildman–Crippen MR) is 97.4 cm³/mol. The lowest BCUT2D eigenvalue weighted by Crippen LogP contribution is -2.41. The van der Waals surface area contributed by atoms with E-state index < -0.39 is 35.4 Å². The molecule has 0 spiro atoms. The third-order valence-electron chi connectivity index (χ3n) is 4.12. The van der Waals surface area contributed by atoms with Crippen LogP contribution in [0, 0.1) is 0 Å². The van der Waals surface area contributed by atoms with Crippen LogP contribution in [-0.4, -0.2) is 38.3 Å². The molecule has 0 bridgehead atoms. The number of piperidine rings is 1. The van der Waals surface area contributed by atoms with Crippen molar-refractivity contribution in [2.45, 2.75) is 45.3 Å². The molecule has 1 fully saturated rings. The summed E-state index contributed by atoms with van der Waals surface area (Å²) in [6, 6.07) is 3.61. The lowest BCUT2D eigenvalue weighted by Gasteiger charge is -2.23. The highest BCUT2D eigenvalue weighted by atomic mass is 16.6. The molecule has 148 valence electrons. The van der Waals surface area contributed by atoms with Crippen LogP contribution in [0.25, 0.3) is 10.8 Å². The number of benzene rings is 1. The summed E-state index contributed by atoms with van der Waals surface area (Å²) in [7, 11) is 0. The second kappa shape index (κ2) is 6.95. The molecule has 1 aromatic carbocycles. The second-order valence-electron chi connectivity index (χ2n) is 7.36. The lowest BCUT2D eigenvalue weighted by atomic mass is 10.1. The third-order valence-corrected chi connectivity index (χ3v) is 4.12. The highest BCUT2D eigenvalue weighted by molar-refractivity contribution is 6.03. The molecular formula is C18H20N4O6. The predicted octanol–water partition coefficient (Wildman–Crippen LogP) is 3.05. The van der Waals surface area contributed by atoms with E-state index >= 15 is 0 Å². The average Bonchev–Trinajstić information content (AvgIpc) is 2.84. The van der Waals surface area contributed by atoms with E-state index in [0.29, 0.717) is 0 Å². The molecule has 1 aromatic heterocycles. The maximum Gasteiger partial charge on any atom is 0.452 e. The number of amides is 3. The van der Waals surface area contributed by atoms with E-state index in [0.717, 1.165) is 4.57 Å². The SMILES string of the molecule is CC(C)(C)OC(=O)N=Nc1cccc2c(O)n(C3CCC(=O)NC3=O)c(O)c12. The number of rotatable bonds is 2. The number of carbonyl (C=O) groups excluding carboxylic acids is 3. The smallest absolute Gasteiger partial charge is 0.452 e. The molecule has 1 unspecified atom stereocenters. The van der Waals surface area contributed by atoms with Gasteiger partial charge in [0.2, 0.25) is 23.6 Å². The number of fused-ring (bicyclic) bond motifs is 1. The van der Waals surface area contributed by atoms with E-state index in [4.69, 9.17) is 4.74 Å². The molecule has 0 saturated carbocycles. The first-order valence-electron chi connectivity index (χ1n) is 8.61.